The van der Waals surface area contributed by atoms with Crippen LogP contribution in [0.4, 0.5) is 0 Å². The zero-order valence-electron chi connectivity index (χ0n) is 11.2. The van der Waals surface area contributed by atoms with Crippen LogP contribution in [-0.4, -0.2) is 26.9 Å². The zero-order valence-corrected chi connectivity index (χ0v) is 11.2. The molecule has 0 spiro atoms. The van der Waals surface area contributed by atoms with E-state index in [2.05, 4.69) is 11.4 Å². The van der Waals surface area contributed by atoms with Crippen molar-refractivity contribution in [2.24, 2.45) is 5.92 Å². The highest BCUT2D eigenvalue weighted by Gasteiger charge is 2.20. The van der Waals surface area contributed by atoms with Gasteiger partial charge < -0.3 is 14.8 Å². The molecule has 1 aliphatic rings. The van der Waals surface area contributed by atoms with Gasteiger partial charge >= 0.3 is 0 Å². The Kier molecular flexibility index (Phi) is 5.49. The molecule has 0 heterocycles. The Balaban J connectivity index is 1.62. The summed E-state index contributed by atoms with van der Waals surface area (Å²) in [4.78, 5) is 0. The molecule has 1 aromatic carbocycles. The van der Waals surface area contributed by atoms with Crippen LogP contribution in [0, 0.1) is 5.92 Å². The maximum Gasteiger partial charge on any atom is 0.123 e. The molecule has 2 rings (SSSR count). The third-order valence-electron chi connectivity index (χ3n) is 3.19. The van der Waals surface area contributed by atoms with E-state index in [0.717, 1.165) is 24.8 Å². The summed E-state index contributed by atoms with van der Waals surface area (Å²) in [5.41, 5.74) is 1.19. The first-order valence-electron chi connectivity index (χ1n) is 6.83. The zero-order chi connectivity index (χ0) is 12.6. The predicted molar refractivity (Wildman–Crippen MR) is 72.9 cm³/mol. The third kappa shape index (κ3) is 4.67. The molecular weight excluding hydrogens is 226 g/mol. The van der Waals surface area contributed by atoms with Gasteiger partial charge in [-0.3, -0.25) is 0 Å². The van der Waals surface area contributed by atoms with Gasteiger partial charge in [-0.15, -0.1) is 0 Å². The van der Waals surface area contributed by atoms with E-state index in [-0.39, 0.29) is 0 Å². The lowest BCUT2D eigenvalue weighted by molar-refractivity contribution is 0.0955. The lowest BCUT2D eigenvalue weighted by atomic mass is 10.2. The van der Waals surface area contributed by atoms with Gasteiger partial charge in [0.2, 0.25) is 0 Å². The van der Waals surface area contributed by atoms with Crippen LogP contribution < -0.4 is 10.1 Å². The molecule has 1 fully saturated rings. The van der Waals surface area contributed by atoms with Crippen molar-refractivity contribution >= 4 is 0 Å². The number of ether oxygens (including phenoxy) is 2. The summed E-state index contributed by atoms with van der Waals surface area (Å²) in [5.74, 6) is 1.90. The Bertz CT molecular complexity index is 350. The Labute approximate surface area is 109 Å². The van der Waals surface area contributed by atoms with Gasteiger partial charge in [0.25, 0.3) is 0 Å². The first-order chi connectivity index (χ1) is 8.90. The average molecular weight is 249 g/mol. The normalized spacial score (nSPS) is 14.7. The van der Waals surface area contributed by atoms with Crippen molar-refractivity contribution in [3.63, 3.8) is 0 Å². The van der Waals surface area contributed by atoms with E-state index in [0.29, 0.717) is 13.2 Å². The van der Waals surface area contributed by atoms with E-state index in [1.807, 2.05) is 25.2 Å². The van der Waals surface area contributed by atoms with Crippen molar-refractivity contribution in [3.05, 3.63) is 29.8 Å². The highest BCUT2D eigenvalue weighted by molar-refractivity contribution is 5.33. The Morgan fingerprint density at radius 3 is 2.78 bits per heavy atom. The minimum absolute atomic E-state index is 0.630. The number of benzene rings is 1. The second-order valence-corrected chi connectivity index (χ2v) is 4.83. The summed E-state index contributed by atoms with van der Waals surface area (Å²) in [6, 6.07) is 8.13. The Morgan fingerprint density at radius 2 is 2.00 bits per heavy atom. The van der Waals surface area contributed by atoms with Crippen LogP contribution in [0.2, 0.25) is 0 Å². The highest BCUT2D eigenvalue weighted by atomic mass is 16.5. The topological polar surface area (TPSA) is 30.5 Å². The van der Waals surface area contributed by atoms with Crippen molar-refractivity contribution in [3.8, 4) is 5.75 Å². The molecule has 0 amide bonds. The van der Waals surface area contributed by atoms with Crippen molar-refractivity contribution < 1.29 is 9.47 Å². The summed E-state index contributed by atoms with van der Waals surface area (Å²) in [6.07, 6.45) is 4.02. The third-order valence-corrected chi connectivity index (χ3v) is 3.19. The number of hydrogen-bond donors (Lipinski definition) is 1. The molecular formula is C15H23NO2. The van der Waals surface area contributed by atoms with E-state index in [4.69, 9.17) is 9.47 Å². The van der Waals surface area contributed by atoms with Gasteiger partial charge in [0.05, 0.1) is 6.61 Å². The summed E-state index contributed by atoms with van der Waals surface area (Å²) in [6.45, 7) is 3.02. The summed E-state index contributed by atoms with van der Waals surface area (Å²) in [5, 5.41) is 3.14. The van der Waals surface area contributed by atoms with E-state index in [1.54, 1.807) is 0 Å². The number of rotatable bonds is 9. The van der Waals surface area contributed by atoms with E-state index in [9.17, 15) is 0 Å². The fraction of sp³-hybridized carbons (Fsp3) is 0.600. The molecule has 0 atom stereocenters. The molecule has 0 aromatic heterocycles. The van der Waals surface area contributed by atoms with Crippen molar-refractivity contribution in [1.82, 2.24) is 5.32 Å². The van der Waals surface area contributed by atoms with Gasteiger partial charge in [0.15, 0.2) is 0 Å². The van der Waals surface area contributed by atoms with Crippen LogP contribution in [0.25, 0.3) is 0 Å². The number of hydrogen-bond acceptors (Lipinski definition) is 3. The van der Waals surface area contributed by atoms with Crippen LogP contribution in [-0.2, 0) is 11.3 Å². The molecule has 100 valence electrons. The molecule has 0 radical (unpaired) electrons. The molecule has 1 aliphatic carbocycles. The van der Waals surface area contributed by atoms with Gasteiger partial charge in [-0.25, -0.2) is 0 Å². The predicted octanol–water partition coefficient (Wildman–Crippen LogP) is 2.60. The molecule has 0 aliphatic heterocycles. The van der Waals surface area contributed by atoms with E-state index in [1.165, 1.54) is 24.8 Å². The van der Waals surface area contributed by atoms with Gasteiger partial charge in [-0.05, 0) is 25.5 Å². The largest absolute Gasteiger partial charge is 0.491 e. The molecule has 1 N–H and O–H groups in total. The second kappa shape index (κ2) is 7.39. The van der Waals surface area contributed by atoms with Gasteiger partial charge in [-0.1, -0.05) is 31.0 Å². The monoisotopic (exact) mass is 249 g/mol. The van der Waals surface area contributed by atoms with Crippen LogP contribution in [0.1, 0.15) is 24.8 Å². The first kappa shape index (κ1) is 13.4. The smallest absolute Gasteiger partial charge is 0.123 e. The molecule has 3 heteroatoms. The van der Waals surface area contributed by atoms with Crippen molar-refractivity contribution in [2.75, 3.05) is 26.9 Å². The minimum Gasteiger partial charge on any atom is -0.491 e. The summed E-state index contributed by atoms with van der Waals surface area (Å²) in [7, 11) is 1.94. The van der Waals surface area contributed by atoms with Gasteiger partial charge in [0, 0.05) is 18.7 Å². The number of nitrogens with one attached hydrogen (secondary N) is 1. The average Bonchev–Trinajstić information content (AvgIpc) is 3.20. The number of para-hydroxylation sites is 1. The second-order valence-electron chi connectivity index (χ2n) is 4.83. The molecule has 3 nitrogen and oxygen atoms in total. The Hall–Kier alpha value is -1.06. The van der Waals surface area contributed by atoms with E-state index < -0.39 is 0 Å². The van der Waals surface area contributed by atoms with Crippen LogP contribution >= 0.6 is 0 Å². The Morgan fingerprint density at radius 1 is 1.17 bits per heavy atom. The lowest BCUT2D eigenvalue weighted by Crippen LogP contribution is -2.11. The van der Waals surface area contributed by atoms with Crippen molar-refractivity contribution in [2.45, 2.75) is 25.8 Å². The van der Waals surface area contributed by atoms with Gasteiger partial charge in [0.1, 0.15) is 12.4 Å². The standard InChI is InChI=1S/C15H23NO2/c1-16-12-14-4-2-3-5-15(14)18-11-10-17-9-8-13-6-7-13/h2-5,13,16H,6-12H2,1H3. The molecule has 0 unspecified atom stereocenters. The summed E-state index contributed by atoms with van der Waals surface area (Å²) >= 11 is 0. The SMILES string of the molecule is CNCc1ccccc1OCCOCCC1CC1. The molecule has 18 heavy (non-hydrogen) atoms. The van der Waals surface area contributed by atoms with Crippen LogP contribution in [0.15, 0.2) is 24.3 Å². The lowest BCUT2D eigenvalue weighted by Gasteiger charge is -2.11. The molecule has 1 saturated carbocycles. The van der Waals surface area contributed by atoms with Crippen LogP contribution in [0.5, 0.6) is 5.75 Å². The highest BCUT2D eigenvalue weighted by Crippen LogP contribution is 2.32. The summed E-state index contributed by atoms with van der Waals surface area (Å²) < 4.78 is 11.3. The van der Waals surface area contributed by atoms with Gasteiger partial charge in [-0.2, -0.15) is 0 Å². The maximum absolute atomic E-state index is 5.75. The van der Waals surface area contributed by atoms with E-state index >= 15 is 0 Å². The minimum atomic E-state index is 0.630. The molecule has 1 aromatic rings. The van der Waals surface area contributed by atoms with Crippen molar-refractivity contribution in [1.29, 1.82) is 0 Å². The maximum atomic E-state index is 5.75. The fourth-order valence-electron chi connectivity index (χ4n) is 1.95. The molecule has 0 bridgehead atoms. The first-order valence-corrected chi connectivity index (χ1v) is 6.83. The fourth-order valence-corrected chi connectivity index (χ4v) is 1.95. The van der Waals surface area contributed by atoms with Crippen LogP contribution in [0.3, 0.4) is 0 Å². The molecule has 0 saturated heterocycles. The quantitative estimate of drug-likeness (QED) is 0.682.